The van der Waals surface area contributed by atoms with Crippen molar-refractivity contribution < 1.29 is 9.53 Å². The second kappa shape index (κ2) is 9.80. The summed E-state index contributed by atoms with van der Waals surface area (Å²) in [7, 11) is 3.91. The molecule has 7 heteroatoms. The van der Waals surface area contributed by atoms with Crippen LogP contribution in [0.1, 0.15) is 17.0 Å². The topological polar surface area (TPSA) is 58.9 Å². The number of aryl methyl sites for hydroxylation is 1. The zero-order valence-corrected chi connectivity index (χ0v) is 19.7. The average molecular weight is 516 g/mol. The van der Waals surface area contributed by atoms with E-state index in [0.717, 1.165) is 28.3 Å². The molecule has 0 radical (unpaired) electrons. The fraction of sp³-hybridized carbons (Fsp3) is 0.217. The van der Waals surface area contributed by atoms with Crippen LogP contribution in [0.4, 0.5) is 5.69 Å². The molecule has 0 aliphatic rings. The van der Waals surface area contributed by atoms with Crippen LogP contribution in [0.25, 0.3) is 5.69 Å². The number of ether oxygens (including phenoxy) is 1. The summed E-state index contributed by atoms with van der Waals surface area (Å²) >= 11 is 2.29. The molecule has 1 heterocycles. The quantitative estimate of drug-likeness (QED) is 0.290. The summed E-state index contributed by atoms with van der Waals surface area (Å²) in [6, 6.07) is 18.0. The van der Waals surface area contributed by atoms with Crippen LogP contribution in [0.2, 0.25) is 0 Å². The first kappa shape index (κ1) is 21.9. The van der Waals surface area contributed by atoms with Gasteiger partial charge in [-0.05, 0) is 78.9 Å². The Labute approximate surface area is 190 Å². The van der Waals surface area contributed by atoms with Gasteiger partial charge in [0.15, 0.2) is 6.61 Å². The number of nitrogens with zero attached hydrogens (tertiary/aromatic N) is 3. The van der Waals surface area contributed by atoms with Crippen LogP contribution in [0.15, 0.2) is 59.7 Å². The number of hydrazone groups is 1. The van der Waals surface area contributed by atoms with E-state index in [-0.39, 0.29) is 12.5 Å². The maximum Gasteiger partial charge on any atom is 0.277 e. The highest BCUT2D eigenvalue weighted by molar-refractivity contribution is 14.1. The van der Waals surface area contributed by atoms with Crippen molar-refractivity contribution in [1.82, 2.24) is 9.99 Å². The van der Waals surface area contributed by atoms with E-state index in [1.807, 2.05) is 56.3 Å². The van der Waals surface area contributed by atoms with E-state index in [1.165, 1.54) is 3.57 Å². The number of rotatable bonds is 7. The second-order valence-corrected chi connectivity index (χ2v) is 8.36. The summed E-state index contributed by atoms with van der Waals surface area (Å²) in [5.74, 6) is 0.328. The first-order chi connectivity index (χ1) is 14.3. The molecular formula is C23H25IN4O2. The average Bonchev–Trinajstić information content (AvgIpc) is 3.00. The van der Waals surface area contributed by atoms with E-state index in [0.29, 0.717) is 5.75 Å². The van der Waals surface area contributed by atoms with Gasteiger partial charge in [0.2, 0.25) is 0 Å². The van der Waals surface area contributed by atoms with E-state index in [9.17, 15) is 4.79 Å². The molecule has 1 N–H and O–H groups in total. The molecule has 1 amide bonds. The third-order valence-electron chi connectivity index (χ3n) is 4.65. The zero-order valence-electron chi connectivity index (χ0n) is 17.5. The van der Waals surface area contributed by atoms with Gasteiger partial charge in [0.1, 0.15) is 5.75 Å². The minimum Gasteiger partial charge on any atom is -0.484 e. The Morgan fingerprint density at radius 3 is 2.60 bits per heavy atom. The summed E-state index contributed by atoms with van der Waals surface area (Å²) in [4.78, 5) is 14.0. The molecule has 0 saturated heterocycles. The molecular weight excluding hydrogens is 491 g/mol. The molecule has 3 rings (SSSR count). The van der Waals surface area contributed by atoms with Crippen molar-refractivity contribution in [3.8, 4) is 11.4 Å². The van der Waals surface area contributed by atoms with E-state index in [1.54, 1.807) is 6.21 Å². The van der Waals surface area contributed by atoms with Crippen molar-refractivity contribution in [2.45, 2.75) is 13.8 Å². The Morgan fingerprint density at radius 1 is 1.17 bits per heavy atom. The summed E-state index contributed by atoms with van der Waals surface area (Å²) in [5, 5.41) is 4.10. The number of aromatic nitrogens is 1. The lowest BCUT2D eigenvalue weighted by Crippen LogP contribution is -2.24. The van der Waals surface area contributed by atoms with Gasteiger partial charge in [-0.25, -0.2) is 5.43 Å². The highest BCUT2D eigenvalue weighted by atomic mass is 127. The van der Waals surface area contributed by atoms with Gasteiger partial charge in [-0.15, -0.1) is 0 Å². The number of hydrogen-bond acceptors (Lipinski definition) is 4. The maximum absolute atomic E-state index is 12.1. The Hall–Kier alpha value is -2.81. The van der Waals surface area contributed by atoms with Gasteiger partial charge in [-0.2, -0.15) is 5.10 Å². The van der Waals surface area contributed by atoms with Crippen molar-refractivity contribution in [2.24, 2.45) is 5.10 Å². The SMILES string of the molecule is Cc1cc(/C=N/NC(=O)COc2cccc(N(C)C)c2)c(C)n1-c1ccc(I)cc1. The first-order valence-electron chi connectivity index (χ1n) is 9.52. The molecule has 30 heavy (non-hydrogen) atoms. The van der Waals surface area contributed by atoms with Crippen LogP contribution in [-0.4, -0.2) is 37.4 Å². The van der Waals surface area contributed by atoms with Crippen LogP contribution in [0.3, 0.4) is 0 Å². The van der Waals surface area contributed by atoms with Crippen LogP contribution in [0, 0.1) is 17.4 Å². The molecule has 0 bridgehead atoms. The molecule has 0 aliphatic heterocycles. The number of carbonyl (C=O) groups is 1. The number of carbonyl (C=O) groups excluding carboxylic acids is 1. The van der Waals surface area contributed by atoms with Gasteiger partial charge >= 0.3 is 0 Å². The van der Waals surface area contributed by atoms with Crippen LogP contribution in [-0.2, 0) is 4.79 Å². The molecule has 0 atom stereocenters. The molecule has 0 fully saturated rings. The summed E-state index contributed by atoms with van der Waals surface area (Å²) in [6.07, 6.45) is 1.66. The van der Waals surface area contributed by atoms with Gasteiger partial charge in [-0.3, -0.25) is 4.79 Å². The van der Waals surface area contributed by atoms with Crippen molar-refractivity contribution in [1.29, 1.82) is 0 Å². The van der Waals surface area contributed by atoms with Gasteiger partial charge < -0.3 is 14.2 Å². The summed E-state index contributed by atoms with van der Waals surface area (Å²) in [6.45, 7) is 3.99. The number of nitrogens with one attached hydrogen (secondary N) is 1. The molecule has 0 aliphatic carbocycles. The summed E-state index contributed by atoms with van der Waals surface area (Å²) < 4.78 is 8.92. The van der Waals surface area contributed by atoms with E-state index in [4.69, 9.17) is 4.74 Å². The molecule has 156 valence electrons. The van der Waals surface area contributed by atoms with E-state index in [2.05, 4.69) is 68.9 Å². The standard InChI is InChI=1S/C23H25IN4O2/c1-16-12-18(17(2)28(16)20-10-8-19(24)9-11-20)14-25-26-23(29)15-30-22-7-5-6-21(13-22)27(3)4/h5-14H,15H2,1-4H3,(H,26,29)/b25-14+. The summed E-state index contributed by atoms with van der Waals surface area (Å²) in [5.41, 5.74) is 7.75. The van der Waals surface area contributed by atoms with Crippen molar-refractivity contribution >= 4 is 40.4 Å². The first-order valence-corrected chi connectivity index (χ1v) is 10.6. The number of amides is 1. The number of benzene rings is 2. The highest BCUT2D eigenvalue weighted by Gasteiger charge is 2.09. The smallest absolute Gasteiger partial charge is 0.277 e. The maximum atomic E-state index is 12.1. The lowest BCUT2D eigenvalue weighted by atomic mass is 10.2. The largest absolute Gasteiger partial charge is 0.484 e. The molecule has 1 aromatic heterocycles. The molecule has 3 aromatic rings. The van der Waals surface area contributed by atoms with Crippen LogP contribution < -0.4 is 15.1 Å². The lowest BCUT2D eigenvalue weighted by molar-refractivity contribution is -0.123. The molecule has 6 nitrogen and oxygen atoms in total. The number of halogens is 1. The molecule has 0 unspecified atom stereocenters. The molecule has 0 saturated carbocycles. The van der Waals surface area contributed by atoms with Gasteiger partial charge in [0.25, 0.3) is 5.91 Å². The van der Waals surface area contributed by atoms with Crippen molar-refractivity contribution in [3.63, 3.8) is 0 Å². The monoisotopic (exact) mass is 516 g/mol. The highest BCUT2D eigenvalue weighted by Crippen LogP contribution is 2.21. The van der Waals surface area contributed by atoms with Crippen molar-refractivity contribution in [3.05, 3.63) is 75.1 Å². The minimum absolute atomic E-state index is 0.101. The number of hydrogen-bond donors (Lipinski definition) is 1. The van der Waals surface area contributed by atoms with Gasteiger partial charge in [0, 0.05) is 52.1 Å². The predicted octanol–water partition coefficient (Wildman–Crippen LogP) is 4.29. The van der Waals surface area contributed by atoms with E-state index < -0.39 is 0 Å². The van der Waals surface area contributed by atoms with Crippen LogP contribution in [0.5, 0.6) is 5.75 Å². The second-order valence-electron chi connectivity index (χ2n) is 7.11. The van der Waals surface area contributed by atoms with Gasteiger partial charge in [0.05, 0.1) is 6.21 Å². The Balaban J connectivity index is 1.60. The third-order valence-corrected chi connectivity index (χ3v) is 5.37. The van der Waals surface area contributed by atoms with E-state index >= 15 is 0 Å². The lowest BCUT2D eigenvalue weighted by Gasteiger charge is -2.13. The number of anilines is 1. The molecule has 0 spiro atoms. The molecule has 2 aromatic carbocycles. The third kappa shape index (κ3) is 5.41. The Kier molecular flexibility index (Phi) is 7.15. The fourth-order valence-electron chi connectivity index (χ4n) is 3.11. The van der Waals surface area contributed by atoms with Gasteiger partial charge in [-0.1, -0.05) is 6.07 Å². The Morgan fingerprint density at radius 2 is 1.90 bits per heavy atom. The normalized spacial score (nSPS) is 11.0. The van der Waals surface area contributed by atoms with Crippen molar-refractivity contribution in [2.75, 3.05) is 25.6 Å². The Bertz CT molecular complexity index is 1060. The zero-order chi connectivity index (χ0) is 21.7. The van der Waals surface area contributed by atoms with Crippen LogP contribution >= 0.6 is 22.6 Å². The minimum atomic E-state index is -0.312. The fourth-order valence-corrected chi connectivity index (χ4v) is 3.47. The predicted molar refractivity (Wildman–Crippen MR) is 130 cm³/mol.